The molecule has 1 saturated heterocycles. The average Bonchev–Trinajstić information content (AvgIpc) is 3.24. The normalized spacial score (nSPS) is 17.8. The van der Waals surface area contributed by atoms with Crippen LogP contribution in [0.1, 0.15) is 37.8 Å². The number of nitrogens with zero attached hydrogens (tertiary/aromatic N) is 2. The van der Waals surface area contributed by atoms with Crippen LogP contribution in [0.2, 0.25) is 0 Å². The minimum Gasteiger partial charge on any atom is -0.440 e. The molecule has 1 aromatic heterocycles. The van der Waals surface area contributed by atoms with Gasteiger partial charge in [0.15, 0.2) is 11.7 Å². The zero-order valence-electron chi connectivity index (χ0n) is 15.1. The van der Waals surface area contributed by atoms with E-state index in [1.54, 1.807) is 0 Å². The van der Waals surface area contributed by atoms with Gasteiger partial charge in [-0.1, -0.05) is 37.3 Å². The minimum atomic E-state index is 0.0695. The first kappa shape index (κ1) is 17.7. The van der Waals surface area contributed by atoms with E-state index in [1.807, 2.05) is 37.3 Å². The number of hydrogen-bond donors (Lipinski definition) is 1. The second-order valence-corrected chi connectivity index (χ2v) is 6.62. The molecular weight excluding hydrogens is 314 g/mol. The number of aryl methyl sites for hydroxylation is 2. The van der Waals surface area contributed by atoms with E-state index in [2.05, 4.69) is 22.1 Å². The number of benzene rings is 1. The third-order valence-corrected chi connectivity index (χ3v) is 4.88. The number of rotatable bonds is 7. The van der Waals surface area contributed by atoms with Gasteiger partial charge in [-0.2, -0.15) is 0 Å². The lowest BCUT2D eigenvalue weighted by molar-refractivity contribution is -0.121. The molecular formula is C20H27N3O2. The van der Waals surface area contributed by atoms with E-state index in [-0.39, 0.29) is 5.91 Å². The highest BCUT2D eigenvalue weighted by molar-refractivity contribution is 5.76. The van der Waals surface area contributed by atoms with Crippen molar-refractivity contribution in [1.29, 1.82) is 0 Å². The Bertz CT molecular complexity index is 696. The van der Waals surface area contributed by atoms with Gasteiger partial charge in [-0.15, -0.1) is 0 Å². The van der Waals surface area contributed by atoms with Crippen LogP contribution in [0.3, 0.4) is 0 Å². The monoisotopic (exact) mass is 341 g/mol. The molecule has 0 spiro atoms. The predicted molar refractivity (Wildman–Crippen MR) is 98.3 cm³/mol. The van der Waals surface area contributed by atoms with Crippen molar-refractivity contribution in [2.24, 2.45) is 0 Å². The van der Waals surface area contributed by atoms with Gasteiger partial charge in [0.1, 0.15) is 0 Å². The van der Waals surface area contributed by atoms with Crippen molar-refractivity contribution in [2.45, 2.75) is 45.6 Å². The molecule has 1 aliphatic rings. The highest BCUT2D eigenvalue weighted by Crippen LogP contribution is 2.24. The molecule has 0 aliphatic carbocycles. The Morgan fingerprint density at radius 1 is 1.36 bits per heavy atom. The standard InChI is InChI=1S/C20H27N3O2/c1-3-23-13-7-10-17(23)14-21-18(24)11-12-19-22-15(2)20(25-19)16-8-5-4-6-9-16/h4-6,8-9,17H,3,7,10-14H2,1-2H3,(H,21,24)/t17-/m1/s1. The van der Waals surface area contributed by atoms with E-state index in [1.165, 1.54) is 12.8 Å². The fourth-order valence-electron chi connectivity index (χ4n) is 3.50. The van der Waals surface area contributed by atoms with E-state index in [0.717, 1.165) is 36.7 Å². The van der Waals surface area contributed by atoms with Crippen molar-refractivity contribution < 1.29 is 9.21 Å². The third-order valence-electron chi connectivity index (χ3n) is 4.88. The van der Waals surface area contributed by atoms with Crippen LogP contribution in [-0.2, 0) is 11.2 Å². The van der Waals surface area contributed by atoms with E-state index in [9.17, 15) is 4.79 Å². The van der Waals surface area contributed by atoms with Crippen LogP contribution in [-0.4, -0.2) is 41.5 Å². The van der Waals surface area contributed by atoms with Crippen molar-refractivity contribution in [3.05, 3.63) is 41.9 Å². The number of carbonyl (C=O) groups excluding carboxylic acids is 1. The van der Waals surface area contributed by atoms with Gasteiger partial charge in [0.2, 0.25) is 5.91 Å². The summed E-state index contributed by atoms with van der Waals surface area (Å²) in [7, 11) is 0. The lowest BCUT2D eigenvalue weighted by atomic mass is 10.1. The molecule has 1 fully saturated rings. The van der Waals surface area contributed by atoms with E-state index < -0.39 is 0 Å². The zero-order chi connectivity index (χ0) is 17.6. The van der Waals surface area contributed by atoms with Gasteiger partial charge in [-0.05, 0) is 32.9 Å². The number of carbonyl (C=O) groups is 1. The summed E-state index contributed by atoms with van der Waals surface area (Å²) in [6.45, 7) is 7.06. The maximum absolute atomic E-state index is 12.1. The number of aromatic nitrogens is 1. The molecule has 3 rings (SSSR count). The van der Waals surface area contributed by atoms with E-state index in [4.69, 9.17) is 4.42 Å². The summed E-state index contributed by atoms with van der Waals surface area (Å²) in [6.07, 6.45) is 3.34. The second kappa shape index (κ2) is 8.30. The highest BCUT2D eigenvalue weighted by atomic mass is 16.4. The molecule has 5 nitrogen and oxygen atoms in total. The molecule has 0 radical (unpaired) electrons. The van der Waals surface area contributed by atoms with Crippen LogP contribution in [0.5, 0.6) is 0 Å². The zero-order valence-corrected chi connectivity index (χ0v) is 15.1. The van der Waals surface area contributed by atoms with Crippen molar-refractivity contribution in [2.75, 3.05) is 19.6 Å². The van der Waals surface area contributed by atoms with Gasteiger partial charge >= 0.3 is 0 Å². The molecule has 134 valence electrons. The summed E-state index contributed by atoms with van der Waals surface area (Å²) in [4.78, 5) is 19.0. The third kappa shape index (κ3) is 4.48. The van der Waals surface area contributed by atoms with Crippen molar-refractivity contribution in [3.8, 4) is 11.3 Å². The van der Waals surface area contributed by atoms with E-state index in [0.29, 0.717) is 24.8 Å². The lowest BCUT2D eigenvalue weighted by Gasteiger charge is -2.22. The summed E-state index contributed by atoms with van der Waals surface area (Å²) in [5, 5.41) is 3.06. The smallest absolute Gasteiger partial charge is 0.220 e. The molecule has 2 heterocycles. The Morgan fingerprint density at radius 2 is 2.16 bits per heavy atom. The molecule has 25 heavy (non-hydrogen) atoms. The molecule has 1 N–H and O–H groups in total. The Hall–Kier alpha value is -2.14. The van der Waals surface area contributed by atoms with Gasteiger partial charge < -0.3 is 9.73 Å². The number of oxazole rings is 1. The van der Waals surface area contributed by atoms with Gasteiger partial charge in [0, 0.05) is 31.0 Å². The number of amides is 1. The maximum Gasteiger partial charge on any atom is 0.220 e. The first-order chi connectivity index (χ1) is 12.2. The topological polar surface area (TPSA) is 58.4 Å². The molecule has 1 atom stereocenters. The van der Waals surface area contributed by atoms with Gasteiger partial charge in [0.05, 0.1) is 5.69 Å². The summed E-state index contributed by atoms with van der Waals surface area (Å²) >= 11 is 0. The Labute approximate surface area is 149 Å². The Kier molecular flexibility index (Phi) is 5.87. The Morgan fingerprint density at radius 3 is 2.92 bits per heavy atom. The maximum atomic E-state index is 12.1. The molecule has 1 aromatic carbocycles. The molecule has 1 amide bonds. The predicted octanol–water partition coefficient (Wildman–Crippen LogP) is 3.18. The first-order valence-corrected chi connectivity index (χ1v) is 9.20. The lowest BCUT2D eigenvalue weighted by Crippen LogP contribution is -2.40. The van der Waals surface area contributed by atoms with Gasteiger partial charge in [0.25, 0.3) is 0 Å². The van der Waals surface area contributed by atoms with Crippen molar-refractivity contribution >= 4 is 5.91 Å². The number of likely N-dealkylation sites (tertiary alicyclic amines) is 1. The summed E-state index contributed by atoms with van der Waals surface area (Å²) in [6, 6.07) is 10.4. The highest BCUT2D eigenvalue weighted by Gasteiger charge is 2.23. The quantitative estimate of drug-likeness (QED) is 0.840. The van der Waals surface area contributed by atoms with E-state index >= 15 is 0 Å². The van der Waals surface area contributed by atoms with Gasteiger partial charge in [-0.25, -0.2) is 4.98 Å². The Balaban J connectivity index is 1.49. The van der Waals surface area contributed by atoms with Crippen LogP contribution in [0.15, 0.2) is 34.7 Å². The molecule has 5 heteroatoms. The van der Waals surface area contributed by atoms with Crippen molar-refractivity contribution in [1.82, 2.24) is 15.2 Å². The SMILES string of the molecule is CCN1CCC[C@@H]1CNC(=O)CCc1nc(C)c(-c2ccccc2)o1. The van der Waals surface area contributed by atoms with Crippen LogP contribution < -0.4 is 5.32 Å². The second-order valence-electron chi connectivity index (χ2n) is 6.62. The first-order valence-electron chi connectivity index (χ1n) is 9.20. The van der Waals surface area contributed by atoms with Gasteiger partial charge in [-0.3, -0.25) is 9.69 Å². The average molecular weight is 341 g/mol. The molecule has 0 bridgehead atoms. The fourth-order valence-corrected chi connectivity index (χ4v) is 3.50. The minimum absolute atomic E-state index is 0.0695. The van der Waals surface area contributed by atoms with Crippen LogP contribution in [0, 0.1) is 6.92 Å². The summed E-state index contributed by atoms with van der Waals surface area (Å²) < 4.78 is 5.86. The molecule has 0 saturated carbocycles. The number of nitrogens with one attached hydrogen (secondary N) is 1. The number of likely N-dealkylation sites (N-methyl/N-ethyl adjacent to an activating group) is 1. The number of hydrogen-bond acceptors (Lipinski definition) is 4. The fraction of sp³-hybridized carbons (Fsp3) is 0.500. The largest absolute Gasteiger partial charge is 0.440 e. The van der Waals surface area contributed by atoms with Crippen LogP contribution in [0.4, 0.5) is 0 Å². The molecule has 2 aromatic rings. The molecule has 1 aliphatic heterocycles. The van der Waals surface area contributed by atoms with Crippen LogP contribution >= 0.6 is 0 Å². The van der Waals surface area contributed by atoms with Crippen LogP contribution in [0.25, 0.3) is 11.3 Å². The molecule has 0 unspecified atom stereocenters. The van der Waals surface area contributed by atoms with Crippen molar-refractivity contribution in [3.63, 3.8) is 0 Å². The summed E-state index contributed by atoms with van der Waals surface area (Å²) in [5.41, 5.74) is 1.88. The summed E-state index contributed by atoms with van der Waals surface area (Å²) in [5.74, 6) is 1.49.